The van der Waals surface area contributed by atoms with Crippen LogP contribution in [0.1, 0.15) is 24.0 Å². The number of amides is 1. The van der Waals surface area contributed by atoms with E-state index in [1.807, 2.05) is 36.4 Å². The van der Waals surface area contributed by atoms with Crippen molar-refractivity contribution >= 4 is 68.0 Å². The molecule has 1 atom stereocenters. The van der Waals surface area contributed by atoms with Crippen molar-refractivity contribution in [2.45, 2.75) is 30.1 Å². The Kier molecular flexibility index (Phi) is 9.39. The standard InChI is InChI=1S/C26H28ClN5O4S2.ClH/c1-36-21-9-3-8-20-24(21)25(31-38(34,35)23-11-10-22(27)37-23)30-32(20)16-18-6-2-5-17(13-18)14-29-26(33)19-7-4-12-28-15-19;/h2-3,5-6,8-11,13,19,28H,4,7,12,14-16H2,1H3,(H,29,33)(H,30,31);1H. The van der Waals surface area contributed by atoms with Gasteiger partial charge >= 0.3 is 0 Å². The van der Waals surface area contributed by atoms with Crippen LogP contribution in [-0.4, -0.2) is 44.3 Å². The lowest BCUT2D eigenvalue weighted by atomic mass is 9.99. The Bertz CT molecular complexity index is 1570. The molecule has 2 aromatic carbocycles. The van der Waals surface area contributed by atoms with Gasteiger partial charge in [-0.25, -0.2) is 8.42 Å². The highest BCUT2D eigenvalue weighted by Crippen LogP contribution is 2.35. The molecule has 0 bridgehead atoms. The number of thiophene rings is 1. The molecule has 0 radical (unpaired) electrons. The summed E-state index contributed by atoms with van der Waals surface area (Å²) >= 11 is 6.93. The molecule has 13 heteroatoms. The summed E-state index contributed by atoms with van der Waals surface area (Å²) in [6.45, 7) is 2.51. The summed E-state index contributed by atoms with van der Waals surface area (Å²) < 4.78 is 36.4. The van der Waals surface area contributed by atoms with E-state index in [1.165, 1.54) is 13.2 Å². The highest BCUT2D eigenvalue weighted by atomic mass is 35.5. The van der Waals surface area contributed by atoms with Crippen LogP contribution in [0.15, 0.2) is 58.8 Å². The predicted molar refractivity (Wildman–Crippen MR) is 157 cm³/mol. The van der Waals surface area contributed by atoms with Crippen molar-refractivity contribution in [2.24, 2.45) is 5.92 Å². The summed E-state index contributed by atoms with van der Waals surface area (Å²) in [5.74, 6) is 0.747. The molecule has 0 saturated carbocycles. The SMILES string of the molecule is COc1cccc2c1c(NS(=O)(=O)c1ccc(Cl)s1)nn2Cc1cccc(CNC(=O)C2CCCNC2)c1.Cl. The summed E-state index contributed by atoms with van der Waals surface area (Å²) in [6, 6.07) is 16.4. The largest absolute Gasteiger partial charge is 0.496 e. The van der Waals surface area contributed by atoms with Crippen LogP contribution in [0.5, 0.6) is 5.75 Å². The van der Waals surface area contributed by atoms with E-state index in [0.29, 0.717) is 35.1 Å². The molecule has 1 unspecified atom stereocenters. The van der Waals surface area contributed by atoms with Crippen molar-refractivity contribution in [3.8, 4) is 5.75 Å². The maximum atomic E-state index is 13.0. The molecule has 1 aliphatic rings. The number of sulfonamides is 1. The Balaban J connectivity index is 0.00000353. The Labute approximate surface area is 242 Å². The maximum absolute atomic E-state index is 13.0. The average molecular weight is 611 g/mol. The molecule has 208 valence electrons. The summed E-state index contributed by atoms with van der Waals surface area (Å²) in [4.78, 5) is 12.5. The fraction of sp³-hybridized carbons (Fsp3) is 0.308. The Hall–Kier alpha value is -2.83. The molecular formula is C26H29Cl2N5O4S2. The third-order valence-corrected chi connectivity index (χ3v) is 9.52. The summed E-state index contributed by atoms with van der Waals surface area (Å²) in [6.07, 6.45) is 1.91. The van der Waals surface area contributed by atoms with Crippen LogP contribution in [0, 0.1) is 5.92 Å². The van der Waals surface area contributed by atoms with Gasteiger partial charge in [0.25, 0.3) is 10.0 Å². The number of carbonyl (C=O) groups excluding carboxylic acids is 1. The maximum Gasteiger partial charge on any atom is 0.272 e. The van der Waals surface area contributed by atoms with E-state index >= 15 is 0 Å². The van der Waals surface area contributed by atoms with Gasteiger partial charge in [0.15, 0.2) is 5.82 Å². The number of nitrogens with zero attached hydrogens (tertiary/aromatic N) is 2. The summed E-state index contributed by atoms with van der Waals surface area (Å²) in [5.41, 5.74) is 2.65. The van der Waals surface area contributed by atoms with Crippen LogP contribution in [0.2, 0.25) is 4.34 Å². The molecule has 9 nitrogen and oxygen atoms in total. The van der Waals surface area contributed by atoms with Crippen molar-refractivity contribution in [2.75, 3.05) is 24.9 Å². The number of ether oxygens (including phenoxy) is 1. The van der Waals surface area contributed by atoms with Gasteiger partial charge in [0.2, 0.25) is 5.91 Å². The van der Waals surface area contributed by atoms with Gasteiger partial charge in [0.05, 0.1) is 34.8 Å². The van der Waals surface area contributed by atoms with Gasteiger partial charge in [-0.3, -0.25) is 14.2 Å². The second-order valence-electron chi connectivity index (χ2n) is 9.11. The number of anilines is 1. The third-order valence-electron chi connectivity index (χ3n) is 6.46. The van der Waals surface area contributed by atoms with E-state index in [0.717, 1.165) is 47.4 Å². The van der Waals surface area contributed by atoms with Crippen LogP contribution in [-0.2, 0) is 27.9 Å². The van der Waals surface area contributed by atoms with Crippen LogP contribution < -0.4 is 20.1 Å². The van der Waals surface area contributed by atoms with Crippen LogP contribution in [0.4, 0.5) is 5.82 Å². The normalized spacial score (nSPS) is 15.5. The molecule has 0 spiro atoms. The molecule has 1 aliphatic heterocycles. The number of hydrogen-bond acceptors (Lipinski definition) is 7. The molecule has 2 aromatic heterocycles. The minimum atomic E-state index is -3.89. The zero-order valence-electron chi connectivity index (χ0n) is 21.1. The lowest BCUT2D eigenvalue weighted by Crippen LogP contribution is -2.40. The molecule has 1 amide bonds. The van der Waals surface area contributed by atoms with Crippen molar-refractivity contribution in [1.82, 2.24) is 20.4 Å². The first-order chi connectivity index (χ1) is 18.3. The van der Waals surface area contributed by atoms with Gasteiger partial charge in [-0.05, 0) is 54.8 Å². The highest BCUT2D eigenvalue weighted by molar-refractivity contribution is 7.94. The Morgan fingerprint density at radius 2 is 2.00 bits per heavy atom. The molecule has 1 saturated heterocycles. The molecule has 0 aliphatic carbocycles. The molecule has 1 fully saturated rings. The minimum Gasteiger partial charge on any atom is -0.496 e. The highest BCUT2D eigenvalue weighted by Gasteiger charge is 2.23. The monoisotopic (exact) mass is 609 g/mol. The Morgan fingerprint density at radius 3 is 2.72 bits per heavy atom. The summed E-state index contributed by atoms with van der Waals surface area (Å²) in [7, 11) is -2.36. The second-order valence-corrected chi connectivity index (χ2v) is 12.7. The number of aromatic nitrogens is 2. The first-order valence-corrected chi connectivity index (χ1v) is 14.9. The van der Waals surface area contributed by atoms with Crippen molar-refractivity contribution in [1.29, 1.82) is 0 Å². The zero-order valence-corrected chi connectivity index (χ0v) is 24.4. The predicted octanol–water partition coefficient (Wildman–Crippen LogP) is 4.65. The molecular weight excluding hydrogens is 581 g/mol. The fourth-order valence-electron chi connectivity index (χ4n) is 4.60. The van der Waals surface area contributed by atoms with Gasteiger partial charge in [0, 0.05) is 13.1 Å². The number of benzene rings is 2. The first kappa shape index (κ1) is 29.2. The molecule has 3 N–H and O–H groups in total. The van der Waals surface area contributed by atoms with Gasteiger partial charge in [-0.2, -0.15) is 5.10 Å². The number of halogens is 2. The molecule has 4 aromatic rings. The summed E-state index contributed by atoms with van der Waals surface area (Å²) in [5, 5.41) is 11.5. The number of methoxy groups -OCH3 is 1. The van der Waals surface area contributed by atoms with E-state index in [4.69, 9.17) is 16.3 Å². The van der Waals surface area contributed by atoms with Gasteiger partial charge < -0.3 is 15.4 Å². The van der Waals surface area contributed by atoms with Crippen molar-refractivity contribution < 1.29 is 17.9 Å². The van der Waals surface area contributed by atoms with E-state index in [1.54, 1.807) is 16.8 Å². The van der Waals surface area contributed by atoms with Gasteiger partial charge in [-0.15, -0.1) is 23.7 Å². The van der Waals surface area contributed by atoms with E-state index in [9.17, 15) is 13.2 Å². The number of fused-ring (bicyclic) bond motifs is 1. The van der Waals surface area contributed by atoms with Crippen LogP contribution in [0.25, 0.3) is 10.9 Å². The quantitative estimate of drug-likeness (QED) is 0.254. The minimum absolute atomic E-state index is 0. The number of carbonyl (C=O) groups is 1. The number of nitrogens with one attached hydrogen (secondary N) is 3. The van der Waals surface area contributed by atoms with E-state index < -0.39 is 10.0 Å². The third kappa shape index (κ3) is 6.67. The second kappa shape index (κ2) is 12.6. The molecule has 39 heavy (non-hydrogen) atoms. The lowest BCUT2D eigenvalue weighted by Gasteiger charge is -2.21. The molecule has 3 heterocycles. The van der Waals surface area contributed by atoms with Crippen LogP contribution in [0.3, 0.4) is 0 Å². The number of rotatable bonds is 9. The van der Waals surface area contributed by atoms with Gasteiger partial charge in [0.1, 0.15) is 9.96 Å². The number of hydrogen-bond donors (Lipinski definition) is 3. The van der Waals surface area contributed by atoms with Crippen LogP contribution >= 0.6 is 35.3 Å². The first-order valence-electron chi connectivity index (χ1n) is 12.2. The van der Waals surface area contributed by atoms with Crippen molar-refractivity contribution in [3.63, 3.8) is 0 Å². The fourth-order valence-corrected chi connectivity index (χ4v) is 7.09. The van der Waals surface area contributed by atoms with Crippen molar-refractivity contribution in [3.05, 3.63) is 70.1 Å². The Morgan fingerprint density at radius 1 is 1.21 bits per heavy atom. The topological polar surface area (TPSA) is 114 Å². The lowest BCUT2D eigenvalue weighted by molar-refractivity contribution is -0.125. The smallest absolute Gasteiger partial charge is 0.272 e. The average Bonchev–Trinajstić information content (AvgIpc) is 3.52. The van der Waals surface area contributed by atoms with Gasteiger partial charge in [-0.1, -0.05) is 41.9 Å². The zero-order chi connectivity index (χ0) is 26.7. The van der Waals surface area contributed by atoms with E-state index in [2.05, 4.69) is 20.5 Å². The van der Waals surface area contributed by atoms with E-state index in [-0.39, 0.29) is 34.3 Å². The molecule has 5 rings (SSSR count). The number of piperidine rings is 1.